The molecule has 0 rings (SSSR count). The third-order valence-corrected chi connectivity index (χ3v) is 0.557. The van der Waals surface area contributed by atoms with E-state index in [2.05, 4.69) is 4.74 Å². The van der Waals surface area contributed by atoms with Crippen LogP contribution in [-0.2, 0) is 14.3 Å². The van der Waals surface area contributed by atoms with Crippen LogP contribution in [0.3, 0.4) is 0 Å². The molecule has 0 radical (unpaired) electrons. The van der Waals surface area contributed by atoms with Gasteiger partial charge in [-0.25, -0.2) is 4.79 Å². The van der Waals surface area contributed by atoms with Crippen molar-refractivity contribution >= 4 is 11.9 Å². The van der Waals surface area contributed by atoms with Crippen LogP contribution in [0.15, 0.2) is 12.2 Å². The first-order chi connectivity index (χ1) is 4.16. The SMILES string of the molecule is COC(=O)/C=C\C(=O)[O-].[Na+]. The quantitative estimate of drug-likeness (QED) is 0.227. The summed E-state index contributed by atoms with van der Waals surface area (Å²) >= 11 is 0. The maximum atomic E-state index is 10.1. The standard InChI is InChI=1S/C5H6O4.Na/c1-9-5(8)3-2-4(6)7;/h2-3H,1H3,(H,6,7);/q;+1/p-1/b3-2-;. The van der Waals surface area contributed by atoms with Gasteiger partial charge >= 0.3 is 35.5 Å². The first-order valence-corrected chi connectivity index (χ1v) is 2.14. The molecule has 50 valence electrons. The summed E-state index contributed by atoms with van der Waals surface area (Å²) in [6.07, 6.45) is 1.38. The average Bonchev–Trinajstić information content (AvgIpc) is 1.83. The first-order valence-electron chi connectivity index (χ1n) is 2.14. The number of carboxylic acids is 1. The van der Waals surface area contributed by atoms with Crippen LogP contribution >= 0.6 is 0 Å². The minimum Gasteiger partial charge on any atom is -0.545 e. The predicted octanol–water partition coefficient (Wildman–Crippen LogP) is -4.53. The Hall–Kier alpha value is -0.320. The second-order valence-electron chi connectivity index (χ2n) is 1.18. The van der Waals surface area contributed by atoms with Gasteiger partial charge in [0.25, 0.3) is 0 Å². The molecule has 0 saturated carbocycles. The fraction of sp³-hybridized carbons (Fsp3) is 0.200. The van der Waals surface area contributed by atoms with Crippen molar-refractivity contribution in [1.29, 1.82) is 0 Å². The van der Waals surface area contributed by atoms with Gasteiger partial charge in [-0.15, -0.1) is 0 Å². The number of carboxylic acid groups (broad SMARTS) is 1. The second kappa shape index (κ2) is 6.80. The van der Waals surface area contributed by atoms with Crippen LogP contribution in [0, 0.1) is 0 Å². The van der Waals surface area contributed by atoms with E-state index in [9.17, 15) is 14.7 Å². The Bertz CT molecular complexity index is 152. The molecule has 0 aliphatic rings. The molecular weight excluding hydrogens is 147 g/mol. The van der Waals surface area contributed by atoms with E-state index in [0.717, 1.165) is 13.2 Å². The largest absolute Gasteiger partial charge is 1.00 e. The van der Waals surface area contributed by atoms with Crippen LogP contribution in [0.25, 0.3) is 0 Å². The molecule has 5 heteroatoms. The summed E-state index contributed by atoms with van der Waals surface area (Å²) in [7, 11) is 1.15. The van der Waals surface area contributed by atoms with E-state index in [1.807, 2.05) is 0 Å². The third kappa shape index (κ3) is 7.68. The van der Waals surface area contributed by atoms with Gasteiger partial charge in [-0.05, 0) is 6.08 Å². The molecular formula is C5H5NaO4. The van der Waals surface area contributed by atoms with Crippen molar-refractivity contribution in [3.05, 3.63) is 12.2 Å². The Balaban J connectivity index is 0. The summed E-state index contributed by atoms with van der Waals surface area (Å²) in [6, 6.07) is 0. The second-order valence-corrected chi connectivity index (χ2v) is 1.18. The molecule has 0 aromatic rings. The number of methoxy groups -OCH3 is 1. The molecule has 0 spiro atoms. The van der Waals surface area contributed by atoms with Gasteiger partial charge in [0.1, 0.15) is 0 Å². The van der Waals surface area contributed by atoms with Gasteiger partial charge < -0.3 is 14.6 Å². The van der Waals surface area contributed by atoms with Gasteiger partial charge in [0, 0.05) is 6.08 Å². The van der Waals surface area contributed by atoms with Gasteiger partial charge in [0.15, 0.2) is 0 Å². The number of hydrogen-bond donors (Lipinski definition) is 0. The Kier molecular flexibility index (Phi) is 8.40. The van der Waals surface area contributed by atoms with Gasteiger partial charge in [0.05, 0.1) is 13.1 Å². The van der Waals surface area contributed by atoms with Gasteiger partial charge in [0.2, 0.25) is 0 Å². The smallest absolute Gasteiger partial charge is 0.545 e. The molecule has 0 N–H and O–H groups in total. The average molecular weight is 152 g/mol. The summed E-state index contributed by atoms with van der Waals surface area (Å²) in [5.41, 5.74) is 0. The molecule has 0 unspecified atom stereocenters. The third-order valence-electron chi connectivity index (χ3n) is 0.557. The van der Waals surface area contributed by atoms with Crippen molar-refractivity contribution in [2.24, 2.45) is 0 Å². The van der Waals surface area contributed by atoms with E-state index in [-0.39, 0.29) is 29.6 Å². The summed E-state index contributed by atoms with van der Waals surface area (Å²) in [4.78, 5) is 19.7. The van der Waals surface area contributed by atoms with Crippen LogP contribution in [-0.4, -0.2) is 19.0 Å². The summed E-state index contributed by atoms with van der Waals surface area (Å²) in [5, 5.41) is 9.61. The van der Waals surface area contributed by atoms with E-state index in [4.69, 9.17) is 0 Å². The van der Waals surface area contributed by atoms with Crippen LogP contribution < -0.4 is 34.7 Å². The molecule has 0 aromatic carbocycles. The Morgan fingerprint density at radius 1 is 1.40 bits per heavy atom. The summed E-state index contributed by atoms with van der Waals surface area (Å²) in [6.45, 7) is 0. The number of aliphatic carboxylic acids is 1. The van der Waals surface area contributed by atoms with Gasteiger partial charge in [-0.3, -0.25) is 0 Å². The Morgan fingerprint density at radius 2 is 1.90 bits per heavy atom. The van der Waals surface area contributed by atoms with E-state index in [1.54, 1.807) is 0 Å². The van der Waals surface area contributed by atoms with Gasteiger partial charge in [-0.1, -0.05) is 0 Å². The van der Waals surface area contributed by atoms with Crippen molar-refractivity contribution in [3.63, 3.8) is 0 Å². The van der Waals surface area contributed by atoms with E-state index in [1.165, 1.54) is 0 Å². The zero-order valence-corrected chi connectivity index (χ0v) is 7.79. The van der Waals surface area contributed by atoms with Crippen LogP contribution in [0.1, 0.15) is 0 Å². The molecule has 0 fully saturated rings. The van der Waals surface area contributed by atoms with E-state index < -0.39 is 11.9 Å². The number of ether oxygens (including phenoxy) is 1. The molecule has 0 amide bonds. The molecule has 0 aromatic heterocycles. The van der Waals surface area contributed by atoms with Crippen molar-refractivity contribution in [1.82, 2.24) is 0 Å². The normalized spacial score (nSPS) is 8.50. The van der Waals surface area contributed by atoms with Crippen LogP contribution in [0.4, 0.5) is 0 Å². The van der Waals surface area contributed by atoms with Crippen molar-refractivity contribution in [2.45, 2.75) is 0 Å². The van der Waals surface area contributed by atoms with Crippen molar-refractivity contribution in [3.8, 4) is 0 Å². The Labute approximate surface area is 80.2 Å². The number of esters is 1. The van der Waals surface area contributed by atoms with E-state index >= 15 is 0 Å². The molecule has 10 heavy (non-hydrogen) atoms. The molecule has 0 heterocycles. The summed E-state index contributed by atoms with van der Waals surface area (Å²) in [5.74, 6) is -2.13. The number of carbonyl (C=O) groups is 2. The molecule has 0 aliphatic heterocycles. The minimum atomic E-state index is -1.42. The maximum absolute atomic E-state index is 10.1. The number of carbonyl (C=O) groups excluding carboxylic acids is 2. The maximum Gasteiger partial charge on any atom is 1.00 e. The van der Waals surface area contributed by atoms with Crippen molar-refractivity contribution in [2.75, 3.05) is 7.11 Å². The zero-order valence-electron chi connectivity index (χ0n) is 5.79. The zero-order chi connectivity index (χ0) is 7.28. The predicted molar refractivity (Wildman–Crippen MR) is 26.2 cm³/mol. The molecule has 0 bridgehead atoms. The van der Waals surface area contributed by atoms with Crippen LogP contribution in [0.2, 0.25) is 0 Å². The topological polar surface area (TPSA) is 66.4 Å². The summed E-state index contributed by atoms with van der Waals surface area (Å²) < 4.78 is 4.08. The molecule has 0 aliphatic carbocycles. The Morgan fingerprint density at radius 3 is 2.20 bits per heavy atom. The minimum absolute atomic E-state index is 0. The molecule has 4 nitrogen and oxygen atoms in total. The first kappa shape index (κ1) is 12.4. The van der Waals surface area contributed by atoms with Crippen LogP contribution in [0.5, 0.6) is 0 Å². The molecule has 0 saturated heterocycles. The van der Waals surface area contributed by atoms with E-state index in [0.29, 0.717) is 6.08 Å². The fourth-order valence-corrected chi connectivity index (χ4v) is 0.204. The van der Waals surface area contributed by atoms with Crippen molar-refractivity contribution < 1.29 is 49.0 Å². The number of hydrogen-bond acceptors (Lipinski definition) is 4. The fourth-order valence-electron chi connectivity index (χ4n) is 0.204. The molecule has 0 atom stereocenters. The monoisotopic (exact) mass is 152 g/mol. The number of rotatable bonds is 2. The van der Waals surface area contributed by atoms with Gasteiger partial charge in [-0.2, -0.15) is 0 Å².